The largest absolute Gasteiger partial charge is 0.383 e. The molecule has 0 aliphatic rings. The molecule has 0 fully saturated rings. The molecule has 1 rings (SSSR count). The van der Waals surface area contributed by atoms with Crippen molar-refractivity contribution in [2.75, 3.05) is 17.6 Å². The number of hydrogen-bond acceptors (Lipinski definition) is 4. The summed E-state index contributed by atoms with van der Waals surface area (Å²) < 4.78 is 1.37. The summed E-state index contributed by atoms with van der Waals surface area (Å²) in [5, 5.41) is 2.83. The highest BCUT2D eigenvalue weighted by molar-refractivity contribution is 5.60. The van der Waals surface area contributed by atoms with Crippen molar-refractivity contribution < 1.29 is 0 Å². The third kappa shape index (κ3) is 2.99. The number of aromatic amines is 1. The summed E-state index contributed by atoms with van der Waals surface area (Å²) in [5.41, 5.74) is 5.07. The molecule has 0 amide bonds. The third-order valence-corrected chi connectivity index (χ3v) is 2.40. The zero-order chi connectivity index (χ0) is 12.8. The molecule has 0 saturated heterocycles. The molecule has 4 N–H and O–H groups in total. The minimum absolute atomic E-state index is 0.175. The maximum absolute atomic E-state index is 11.6. The lowest BCUT2D eigenvalue weighted by Crippen LogP contribution is -2.34. The smallest absolute Gasteiger partial charge is 0.330 e. The normalized spacial score (nSPS) is 10.2. The van der Waals surface area contributed by atoms with Crippen molar-refractivity contribution in [3.05, 3.63) is 33.5 Å². The van der Waals surface area contributed by atoms with Crippen LogP contribution in [0.2, 0.25) is 0 Å². The maximum atomic E-state index is 11.6. The molecular formula is C11H18N4O2. The standard InChI is InChI=1S/C11H18N4O2/c1-3-5-7-15-9(12)8(13-6-4-2)10(16)14-11(15)17/h4,13H,2-3,5-7,12H2,1H3,(H,14,16,17). The predicted octanol–water partition coefficient (Wildman–Crippen LogP) is 0.517. The van der Waals surface area contributed by atoms with Gasteiger partial charge in [0.05, 0.1) is 0 Å². The molecule has 1 aromatic heterocycles. The Morgan fingerprint density at radius 2 is 2.24 bits per heavy atom. The number of hydrogen-bond donors (Lipinski definition) is 3. The minimum atomic E-state index is -0.498. The van der Waals surface area contributed by atoms with Gasteiger partial charge in [0.1, 0.15) is 11.5 Å². The summed E-state index contributed by atoms with van der Waals surface area (Å²) in [4.78, 5) is 25.4. The quantitative estimate of drug-likeness (QED) is 0.630. The first-order chi connectivity index (χ1) is 8.11. The van der Waals surface area contributed by atoms with Crippen LogP contribution >= 0.6 is 0 Å². The van der Waals surface area contributed by atoms with Gasteiger partial charge in [-0.2, -0.15) is 0 Å². The number of H-pyrrole nitrogens is 1. The second-order valence-electron chi connectivity index (χ2n) is 3.69. The predicted molar refractivity (Wildman–Crippen MR) is 69.3 cm³/mol. The van der Waals surface area contributed by atoms with Crippen molar-refractivity contribution in [1.82, 2.24) is 9.55 Å². The summed E-state index contributed by atoms with van der Waals surface area (Å²) in [6.07, 6.45) is 3.39. The van der Waals surface area contributed by atoms with E-state index in [1.54, 1.807) is 6.08 Å². The van der Waals surface area contributed by atoms with Crippen LogP contribution in [-0.2, 0) is 6.54 Å². The lowest BCUT2D eigenvalue weighted by Gasteiger charge is -2.12. The highest BCUT2D eigenvalue weighted by atomic mass is 16.2. The number of nitrogens with two attached hydrogens (primary N) is 1. The molecule has 94 valence electrons. The van der Waals surface area contributed by atoms with Gasteiger partial charge in [-0.25, -0.2) is 4.79 Å². The van der Waals surface area contributed by atoms with Crippen molar-refractivity contribution >= 4 is 11.5 Å². The fourth-order valence-corrected chi connectivity index (χ4v) is 1.47. The van der Waals surface area contributed by atoms with E-state index in [1.165, 1.54) is 4.57 Å². The lowest BCUT2D eigenvalue weighted by molar-refractivity contribution is 0.605. The summed E-state index contributed by atoms with van der Waals surface area (Å²) in [6, 6.07) is 0. The molecule has 1 aromatic rings. The van der Waals surface area contributed by atoms with Crippen LogP contribution in [0.4, 0.5) is 11.5 Å². The van der Waals surface area contributed by atoms with Gasteiger partial charge < -0.3 is 11.1 Å². The molecule has 0 unspecified atom stereocenters. The van der Waals surface area contributed by atoms with E-state index in [9.17, 15) is 9.59 Å². The van der Waals surface area contributed by atoms with E-state index < -0.39 is 11.2 Å². The number of nitrogens with zero attached hydrogens (tertiary/aromatic N) is 1. The Balaban J connectivity index is 3.17. The molecule has 0 bridgehead atoms. The average Bonchev–Trinajstić information content (AvgIpc) is 2.28. The first-order valence-electron chi connectivity index (χ1n) is 5.59. The minimum Gasteiger partial charge on any atom is -0.383 e. The van der Waals surface area contributed by atoms with Gasteiger partial charge in [0, 0.05) is 13.1 Å². The van der Waals surface area contributed by atoms with Gasteiger partial charge in [0.25, 0.3) is 5.56 Å². The van der Waals surface area contributed by atoms with E-state index in [2.05, 4.69) is 16.9 Å². The van der Waals surface area contributed by atoms with Crippen LogP contribution in [0, 0.1) is 0 Å². The summed E-state index contributed by atoms with van der Waals surface area (Å²) in [6.45, 7) is 6.47. The molecule has 0 aromatic carbocycles. The summed E-state index contributed by atoms with van der Waals surface area (Å²) in [5.74, 6) is 0.175. The van der Waals surface area contributed by atoms with E-state index in [-0.39, 0.29) is 11.5 Å². The zero-order valence-electron chi connectivity index (χ0n) is 9.95. The molecule has 0 saturated carbocycles. The Labute approximate surface area is 99.2 Å². The Bertz CT molecular complexity index is 501. The molecule has 17 heavy (non-hydrogen) atoms. The van der Waals surface area contributed by atoms with E-state index in [0.717, 1.165) is 12.8 Å². The van der Waals surface area contributed by atoms with Gasteiger partial charge in [-0.15, -0.1) is 6.58 Å². The molecule has 0 spiro atoms. The van der Waals surface area contributed by atoms with Crippen LogP contribution in [0.3, 0.4) is 0 Å². The monoisotopic (exact) mass is 238 g/mol. The zero-order valence-corrected chi connectivity index (χ0v) is 9.95. The number of aromatic nitrogens is 2. The Morgan fingerprint density at radius 3 is 2.82 bits per heavy atom. The van der Waals surface area contributed by atoms with Crippen molar-refractivity contribution in [3.8, 4) is 0 Å². The molecule has 0 atom stereocenters. The van der Waals surface area contributed by atoms with Gasteiger partial charge >= 0.3 is 5.69 Å². The topological polar surface area (TPSA) is 92.9 Å². The third-order valence-electron chi connectivity index (χ3n) is 2.40. The highest BCUT2D eigenvalue weighted by Crippen LogP contribution is 2.10. The molecular weight excluding hydrogens is 220 g/mol. The van der Waals surface area contributed by atoms with Crippen molar-refractivity contribution in [1.29, 1.82) is 0 Å². The lowest BCUT2D eigenvalue weighted by atomic mass is 10.3. The van der Waals surface area contributed by atoms with Crippen LogP contribution in [0.25, 0.3) is 0 Å². The van der Waals surface area contributed by atoms with E-state index >= 15 is 0 Å². The van der Waals surface area contributed by atoms with Crippen LogP contribution in [0.15, 0.2) is 22.2 Å². The van der Waals surface area contributed by atoms with E-state index in [0.29, 0.717) is 13.1 Å². The first kappa shape index (κ1) is 13.1. The van der Waals surface area contributed by atoms with Gasteiger partial charge in [0.15, 0.2) is 0 Å². The fraction of sp³-hybridized carbons (Fsp3) is 0.455. The van der Waals surface area contributed by atoms with Crippen LogP contribution in [0.5, 0.6) is 0 Å². The second-order valence-corrected chi connectivity index (χ2v) is 3.69. The number of anilines is 2. The highest BCUT2D eigenvalue weighted by Gasteiger charge is 2.10. The number of nitrogens with one attached hydrogen (secondary N) is 2. The number of unbranched alkanes of at least 4 members (excludes halogenated alkanes) is 1. The Hall–Kier alpha value is -1.98. The first-order valence-corrected chi connectivity index (χ1v) is 5.59. The molecule has 1 heterocycles. The van der Waals surface area contributed by atoms with Gasteiger partial charge in [-0.3, -0.25) is 14.3 Å². The van der Waals surface area contributed by atoms with Crippen LogP contribution in [0.1, 0.15) is 19.8 Å². The second kappa shape index (κ2) is 5.93. The SMILES string of the molecule is C=CCNc1c(N)n(CCCC)c(=O)[nH]c1=O. The van der Waals surface area contributed by atoms with Crippen molar-refractivity contribution in [2.24, 2.45) is 0 Å². The maximum Gasteiger partial charge on any atom is 0.330 e. The molecule has 6 nitrogen and oxygen atoms in total. The Morgan fingerprint density at radius 1 is 1.53 bits per heavy atom. The average molecular weight is 238 g/mol. The number of nitrogen functional groups attached to an aromatic ring is 1. The van der Waals surface area contributed by atoms with Gasteiger partial charge in [-0.1, -0.05) is 19.4 Å². The van der Waals surface area contributed by atoms with E-state index in [4.69, 9.17) is 5.73 Å². The molecule has 0 aliphatic carbocycles. The number of rotatable bonds is 6. The van der Waals surface area contributed by atoms with Crippen molar-refractivity contribution in [2.45, 2.75) is 26.3 Å². The molecule has 0 aliphatic heterocycles. The Kier molecular flexibility index (Phi) is 4.56. The van der Waals surface area contributed by atoms with Crippen LogP contribution < -0.4 is 22.3 Å². The van der Waals surface area contributed by atoms with Gasteiger partial charge in [0.2, 0.25) is 0 Å². The molecule has 0 radical (unpaired) electrons. The van der Waals surface area contributed by atoms with Gasteiger partial charge in [-0.05, 0) is 6.42 Å². The fourth-order valence-electron chi connectivity index (χ4n) is 1.47. The summed E-state index contributed by atoms with van der Waals surface area (Å²) in [7, 11) is 0. The van der Waals surface area contributed by atoms with Crippen LogP contribution in [-0.4, -0.2) is 16.1 Å². The summed E-state index contributed by atoms with van der Waals surface area (Å²) >= 11 is 0. The van der Waals surface area contributed by atoms with E-state index in [1.807, 2.05) is 6.92 Å². The van der Waals surface area contributed by atoms with Crippen molar-refractivity contribution in [3.63, 3.8) is 0 Å². The molecule has 6 heteroatoms.